The number of hydrogen-bond acceptors (Lipinski definition) is 4. The van der Waals surface area contributed by atoms with Crippen molar-refractivity contribution in [2.45, 2.75) is 0 Å². The number of carbonyl (C=O) groups excluding carboxylic acids is 2. The maximum atomic E-state index is 11.7. The highest BCUT2D eigenvalue weighted by molar-refractivity contribution is 9.10. The summed E-state index contributed by atoms with van der Waals surface area (Å²) in [6.07, 6.45) is 0. The van der Waals surface area contributed by atoms with Gasteiger partial charge in [0.15, 0.2) is 5.17 Å². The molecule has 0 aliphatic rings. The third-order valence-electron chi connectivity index (χ3n) is 1.73. The van der Waals surface area contributed by atoms with Gasteiger partial charge in [-0.1, -0.05) is 23.9 Å². The van der Waals surface area contributed by atoms with Crippen molar-refractivity contribution in [3.63, 3.8) is 0 Å². The van der Waals surface area contributed by atoms with Crippen LogP contribution in [0.25, 0.3) is 0 Å². The monoisotopic (exact) mass is 315 g/mol. The van der Waals surface area contributed by atoms with Gasteiger partial charge in [-0.05, 0) is 28.1 Å². The van der Waals surface area contributed by atoms with Gasteiger partial charge in [0, 0.05) is 4.47 Å². The van der Waals surface area contributed by atoms with Crippen LogP contribution in [0.4, 0.5) is 0 Å². The lowest BCUT2D eigenvalue weighted by atomic mass is 10.2. The first-order chi connectivity index (χ1) is 8.00. The molecule has 0 bridgehead atoms. The molecule has 0 heterocycles. The Morgan fingerprint density at radius 1 is 1.41 bits per heavy atom. The highest BCUT2D eigenvalue weighted by Crippen LogP contribution is 2.15. The molecule has 0 spiro atoms. The molecule has 0 saturated heterocycles. The molecule has 0 atom stereocenters. The molecule has 2 amide bonds. The van der Waals surface area contributed by atoms with E-state index in [0.717, 1.165) is 11.8 Å². The second kappa shape index (κ2) is 6.41. The molecule has 0 aliphatic heterocycles. The second-order valence-electron chi connectivity index (χ2n) is 3.01. The summed E-state index contributed by atoms with van der Waals surface area (Å²) >= 11 is 4.08. The van der Waals surface area contributed by atoms with E-state index in [0.29, 0.717) is 10.0 Å². The third kappa shape index (κ3) is 4.58. The number of hydrogen-bond donors (Lipinski definition) is 3. The topological polar surface area (TPSA) is 96.0 Å². The number of halogens is 1. The van der Waals surface area contributed by atoms with E-state index in [4.69, 9.17) is 11.1 Å². The summed E-state index contributed by atoms with van der Waals surface area (Å²) in [5, 5.41) is 8.99. The molecule has 0 aliphatic carbocycles. The van der Waals surface area contributed by atoms with Crippen molar-refractivity contribution in [3.05, 3.63) is 34.3 Å². The Morgan fingerprint density at radius 3 is 2.65 bits per heavy atom. The molecule has 1 rings (SSSR count). The van der Waals surface area contributed by atoms with Crippen LogP contribution in [0.2, 0.25) is 0 Å². The van der Waals surface area contributed by atoms with Gasteiger partial charge in [0.1, 0.15) is 0 Å². The molecule has 5 nitrogen and oxygen atoms in total. The van der Waals surface area contributed by atoms with Crippen molar-refractivity contribution in [3.8, 4) is 0 Å². The fourth-order valence-electron chi connectivity index (χ4n) is 1.02. The van der Waals surface area contributed by atoms with Gasteiger partial charge in [0.05, 0.1) is 11.3 Å². The van der Waals surface area contributed by atoms with E-state index in [1.807, 2.05) is 0 Å². The molecule has 0 radical (unpaired) electrons. The molecular weight excluding hydrogens is 306 g/mol. The van der Waals surface area contributed by atoms with Crippen molar-refractivity contribution in [2.24, 2.45) is 5.73 Å². The molecule has 1 aromatic rings. The predicted octanol–water partition coefficient (Wildman–Crippen LogP) is 1.33. The third-order valence-corrected chi connectivity index (χ3v) is 3.14. The number of thioether (sulfide) groups is 1. The van der Waals surface area contributed by atoms with Crippen LogP contribution in [0.15, 0.2) is 28.7 Å². The van der Waals surface area contributed by atoms with Crippen LogP contribution >= 0.6 is 27.7 Å². The van der Waals surface area contributed by atoms with Gasteiger partial charge >= 0.3 is 0 Å². The number of amidine groups is 1. The zero-order chi connectivity index (χ0) is 12.8. The van der Waals surface area contributed by atoms with Crippen LogP contribution in [0.1, 0.15) is 10.4 Å². The average Bonchev–Trinajstić information content (AvgIpc) is 2.26. The quantitative estimate of drug-likeness (QED) is 0.579. The number of amides is 2. The second-order valence-corrected chi connectivity index (χ2v) is 4.88. The van der Waals surface area contributed by atoms with Gasteiger partial charge in [0.2, 0.25) is 5.91 Å². The highest BCUT2D eigenvalue weighted by atomic mass is 79.9. The van der Waals surface area contributed by atoms with E-state index in [2.05, 4.69) is 21.2 Å². The summed E-state index contributed by atoms with van der Waals surface area (Å²) < 4.78 is 0.615. The fraction of sp³-hybridized carbons (Fsp3) is 0.100. The lowest BCUT2D eigenvalue weighted by molar-refractivity contribution is -0.117. The summed E-state index contributed by atoms with van der Waals surface area (Å²) in [6.45, 7) is 0. The Balaban J connectivity index is 2.58. The van der Waals surface area contributed by atoms with Crippen LogP contribution in [-0.4, -0.2) is 22.7 Å². The Bertz CT molecular complexity index is 465. The number of benzene rings is 1. The molecule has 4 N–H and O–H groups in total. The SMILES string of the molecule is N=C(N)SCC(=O)NC(=O)c1ccccc1Br. The van der Waals surface area contributed by atoms with Crippen molar-refractivity contribution < 1.29 is 9.59 Å². The Kier molecular flexibility index (Phi) is 5.17. The summed E-state index contributed by atoms with van der Waals surface area (Å²) in [6, 6.07) is 6.79. The zero-order valence-electron chi connectivity index (χ0n) is 8.70. The van der Waals surface area contributed by atoms with Crippen LogP contribution in [0.5, 0.6) is 0 Å². The van der Waals surface area contributed by atoms with Crippen molar-refractivity contribution in [2.75, 3.05) is 5.75 Å². The molecule has 0 aromatic heterocycles. The summed E-state index contributed by atoms with van der Waals surface area (Å²) in [5.74, 6) is -1.01. The Hall–Kier alpha value is -1.34. The maximum absolute atomic E-state index is 11.7. The summed E-state index contributed by atoms with van der Waals surface area (Å²) in [7, 11) is 0. The number of rotatable bonds is 3. The van der Waals surface area contributed by atoms with Gasteiger partial charge in [-0.25, -0.2) is 0 Å². The number of imide groups is 1. The largest absolute Gasteiger partial charge is 0.379 e. The van der Waals surface area contributed by atoms with Crippen molar-refractivity contribution >= 4 is 44.7 Å². The van der Waals surface area contributed by atoms with Crippen LogP contribution in [-0.2, 0) is 4.79 Å². The summed E-state index contributed by atoms with van der Waals surface area (Å²) in [5.41, 5.74) is 5.46. The molecule has 90 valence electrons. The van der Waals surface area contributed by atoms with E-state index < -0.39 is 11.8 Å². The van der Waals surface area contributed by atoms with E-state index in [1.54, 1.807) is 24.3 Å². The van der Waals surface area contributed by atoms with Gasteiger partial charge in [-0.2, -0.15) is 0 Å². The lowest BCUT2D eigenvalue weighted by Gasteiger charge is -2.05. The van der Waals surface area contributed by atoms with E-state index >= 15 is 0 Å². The number of carbonyl (C=O) groups is 2. The normalized spacial score (nSPS) is 9.71. The number of nitrogens with one attached hydrogen (secondary N) is 2. The maximum Gasteiger partial charge on any atom is 0.259 e. The van der Waals surface area contributed by atoms with Gasteiger partial charge in [-0.3, -0.25) is 20.3 Å². The number of nitrogens with two attached hydrogens (primary N) is 1. The van der Waals surface area contributed by atoms with Gasteiger partial charge in [0.25, 0.3) is 5.91 Å². The van der Waals surface area contributed by atoms with Gasteiger partial charge in [-0.15, -0.1) is 0 Å². The summed E-state index contributed by atoms with van der Waals surface area (Å²) in [4.78, 5) is 23.0. The first-order valence-electron chi connectivity index (χ1n) is 4.56. The van der Waals surface area contributed by atoms with Crippen LogP contribution < -0.4 is 11.1 Å². The van der Waals surface area contributed by atoms with Crippen molar-refractivity contribution in [1.82, 2.24) is 5.32 Å². The van der Waals surface area contributed by atoms with E-state index in [9.17, 15) is 9.59 Å². The minimum atomic E-state index is -0.481. The van der Waals surface area contributed by atoms with E-state index in [1.165, 1.54) is 0 Å². The molecular formula is C10H10BrN3O2S. The smallest absolute Gasteiger partial charge is 0.259 e. The van der Waals surface area contributed by atoms with E-state index in [-0.39, 0.29) is 10.9 Å². The fourth-order valence-corrected chi connectivity index (χ4v) is 1.84. The van der Waals surface area contributed by atoms with Gasteiger partial charge < -0.3 is 5.73 Å². The standard InChI is InChI=1S/C10H10BrN3O2S/c11-7-4-2-1-3-6(7)9(16)14-8(15)5-17-10(12)13/h1-4H,5H2,(H3,12,13)(H,14,15,16). The van der Waals surface area contributed by atoms with Crippen LogP contribution in [0.3, 0.4) is 0 Å². The Labute approximate surface area is 111 Å². The minimum absolute atomic E-state index is 0.0501. The molecule has 17 heavy (non-hydrogen) atoms. The molecule has 0 unspecified atom stereocenters. The van der Waals surface area contributed by atoms with Crippen LogP contribution in [0, 0.1) is 5.41 Å². The first-order valence-corrected chi connectivity index (χ1v) is 6.34. The predicted molar refractivity (Wildman–Crippen MR) is 71.0 cm³/mol. The highest BCUT2D eigenvalue weighted by Gasteiger charge is 2.12. The molecule has 7 heteroatoms. The molecule has 0 fully saturated rings. The molecule has 0 saturated carbocycles. The van der Waals surface area contributed by atoms with Crippen molar-refractivity contribution in [1.29, 1.82) is 5.41 Å². The first kappa shape index (κ1) is 13.7. The lowest BCUT2D eigenvalue weighted by Crippen LogP contribution is -2.32. The average molecular weight is 316 g/mol. The molecule has 1 aromatic carbocycles. The minimum Gasteiger partial charge on any atom is -0.379 e. The zero-order valence-corrected chi connectivity index (χ0v) is 11.1. The Morgan fingerprint density at radius 2 is 2.06 bits per heavy atom.